The van der Waals surface area contributed by atoms with Crippen LogP contribution in [0.3, 0.4) is 0 Å². The van der Waals surface area contributed by atoms with E-state index in [9.17, 15) is 14.4 Å². The number of carboxylic acid groups (broad SMARTS) is 3. The van der Waals surface area contributed by atoms with Gasteiger partial charge in [-0.2, -0.15) is 0 Å². The fraction of sp³-hybridized carbons (Fsp3) is 0. The Labute approximate surface area is 118 Å². The van der Waals surface area contributed by atoms with Crippen molar-refractivity contribution < 1.29 is 29.7 Å². The Morgan fingerprint density at radius 3 is 2.05 bits per heavy atom. The van der Waals surface area contributed by atoms with E-state index in [0.29, 0.717) is 5.56 Å². The minimum absolute atomic E-state index is 0.147. The van der Waals surface area contributed by atoms with Crippen molar-refractivity contribution in [2.75, 3.05) is 0 Å². The average molecular weight is 287 g/mol. The Morgan fingerprint density at radius 2 is 1.57 bits per heavy atom. The van der Waals surface area contributed by atoms with E-state index in [4.69, 9.17) is 15.3 Å². The standard InChI is InChI=1S/C14H9NO6/c16-12(17)7-1-3-9(10(5-7)13(18)19)8-2-4-11(14(20)21)15-6-8/h1-6H,(H,16,17)(H,18,19)(H,20,21). The van der Waals surface area contributed by atoms with Gasteiger partial charge in [0.05, 0.1) is 11.1 Å². The zero-order valence-electron chi connectivity index (χ0n) is 10.5. The summed E-state index contributed by atoms with van der Waals surface area (Å²) in [4.78, 5) is 36.5. The van der Waals surface area contributed by atoms with Crippen LogP contribution in [-0.4, -0.2) is 38.2 Å². The van der Waals surface area contributed by atoms with Gasteiger partial charge in [0, 0.05) is 11.8 Å². The fourth-order valence-corrected chi connectivity index (χ4v) is 1.79. The Hall–Kier alpha value is -3.22. The molecule has 0 bridgehead atoms. The summed E-state index contributed by atoms with van der Waals surface area (Å²) in [7, 11) is 0. The molecule has 0 spiro atoms. The second-order valence-corrected chi connectivity index (χ2v) is 4.11. The lowest BCUT2D eigenvalue weighted by Crippen LogP contribution is -2.05. The lowest BCUT2D eigenvalue weighted by atomic mass is 9.98. The van der Waals surface area contributed by atoms with Gasteiger partial charge in [-0.3, -0.25) is 0 Å². The van der Waals surface area contributed by atoms with Crippen LogP contribution in [0, 0.1) is 0 Å². The normalized spacial score (nSPS) is 10.1. The molecule has 2 aromatic rings. The molecule has 21 heavy (non-hydrogen) atoms. The van der Waals surface area contributed by atoms with Gasteiger partial charge < -0.3 is 15.3 Å². The van der Waals surface area contributed by atoms with Crippen LogP contribution in [0.25, 0.3) is 11.1 Å². The summed E-state index contributed by atoms with van der Waals surface area (Å²) in [5.74, 6) is -3.71. The van der Waals surface area contributed by atoms with Crippen LogP contribution in [0.15, 0.2) is 36.5 Å². The minimum Gasteiger partial charge on any atom is -0.478 e. The monoisotopic (exact) mass is 287 g/mol. The van der Waals surface area contributed by atoms with Crippen molar-refractivity contribution in [2.24, 2.45) is 0 Å². The maximum absolute atomic E-state index is 11.2. The van der Waals surface area contributed by atoms with E-state index >= 15 is 0 Å². The highest BCUT2D eigenvalue weighted by Gasteiger charge is 2.16. The minimum atomic E-state index is -1.28. The Balaban J connectivity index is 2.54. The molecule has 0 saturated heterocycles. The van der Waals surface area contributed by atoms with Crippen LogP contribution < -0.4 is 0 Å². The number of pyridine rings is 1. The Morgan fingerprint density at radius 1 is 0.857 bits per heavy atom. The summed E-state index contributed by atoms with van der Waals surface area (Å²) in [6, 6.07) is 6.33. The van der Waals surface area contributed by atoms with Crippen LogP contribution in [0.4, 0.5) is 0 Å². The zero-order valence-corrected chi connectivity index (χ0v) is 10.5. The van der Waals surface area contributed by atoms with Gasteiger partial charge >= 0.3 is 17.9 Å². The molecule has 3 N–H and O–H groups in total. The number of aromatic nitrogens is 1. The van der Waals surface area contributed by atoms with Crippen molar-refractivity contribution in [3.05, 3.63) is 53.3 Å². The highest BCUT2D eigenvalue weighted by atomic mass is 16.4. The predicted octanol–water partition coefficient (Wildman–Crippen LogP) is 1.84. The number of nitrogens with zero attached hydrogens (tertiary/aromatic N) is 1. The molecule has 0 radical (unpaired) electrons. The number of rotatable bonds is 4. The first kappa shape index (κ1) is 14.2. The summed E-state index contributed by atoms with van der Waals surface area (Å²) in [6.07, 6.45) is 1.23. The smallest absolute Gasteiger partial charge is 0.354 e. The summed E-state index contributed by atoms with van der Waals surface area (Å²) in [5.41, 5.74) is 0.134. The summed E-state index contributed by atoms with van der Waals surface area (Å²) >= 11 is 0. The molecular weight excluding hydrogens is 278 g/mol. The van der Waals surface area contributed by atoms with Crippen LogP contribution in [-0.2, 0) is 0 Å². The lowest BCUT2D eigenvalue weighted by molar-refractivity contribution is 0.0678. The molecule has 0 aliphatic rings. The molecule has 0 aliphatic carbocycles. The molecular formula is C14H9NO6. The second kappa shape index (κ2) is 5.41. The van der Waals surface area contributed by atoms with E-state index in [0.717, 1.165) is 6.07 Å². The molecule has 1 aromatic carbocycles. The van der Waals surface area contributed by atoms with Gasteiger partial charge in [0.2, 0.25) is 0 Å². The number of carboxylic acids is 3. The van der Waals surface area contributed by atoms with Crippen molar-refractivity contribution in [2.45, 2.75) is 0 Å². The van der Waals surface area contributed by atoms with E-state index in [2.05, 4.69) is 4.98 Å². The number of carbonyl (C=O) groups is 3. The van der Waals surface area contributed by atoms with E-state index in [1.165, 1.54) is 30.5 Å². The third kappa shape index (κ3) is 2.86. The molecule has 0 amide bonds. The first-order valence-corrected chi connectivity index (χ1v) is 5.70. The molecule has 0 atom stereocenters. The van der Waals surface area contributed by atoms with Gasteiger partial charge in [-0.05, 0) is 23.8 Å². The van der Waals surface area contributed by atoms with Gasteiger partial charge in [0.15, 0.2) is 0 Å². The van der Waals surface area contributed by atoms with E-state index in [1.807, 2.05) is 0 Å². The molecule has 2 rings (SSSR count). The third-order valence-corrected chi connectivity index (χ3v) is 2.79. The number of hydrogen-bond acceptors (Lipinski definition) is 4. The number of benzene rings is 1. The van der Waals surface area contributed by atoms with Crippen molar-refractivity contribution in [1.82, 2.24) is 4.98 Å². The summed E-state index contributed by atoms with van der Waals surface area (Å²) in [5, 5.41) is 26.8. The first-order chi connectivity index (χ1) is 9.90. The maximum atomic E-state index is 11.2. The molecule has 0 unspecified atom stereocenters. The number of aromatic carboxylic acids is 3. The first-order valence-electron chi connectivity index (χ1n) is 5.70. The van der Waals surface area contributed by atoms with Gasteiger partial charge in [-0.25, -0.2) is 19.4 Å². The largest absolute Gasteiger partial charge is 0.478 e. The van der Waals surface area contributed by atoms with Crippen LogP contribution in [0.1, 0.15) is 31.2 Å². The van der Waals surface area contributed by atoms with Gasteiger partial charge in [-0.15, -0.1) is 0 Å². The molecule has 0 saturated carbocycles. The zero-order chi connectivity index (χ0) is 15.6. The predicted molar refractivity (Wildman–Crippen MR) is 70.6 cm³/mol. The third-order valence-electron chi connectivity index (χ3n) is 2.79. The van der Waals surface area contributed by atoms with Crippen molar-refractivity contribution in [1.29, 1.82) is 0 Å². The molecule has 1 heterocycles. The lowest BCUT2D eigenvalue weighted by Gasteiger charge is -2.07. The molecule has 7 nitrogen and oxygen atoms in total. The highest BCUT2D eigenvalue weighted by Crippen LogP contribution is 2.24. The van der Waals surface area contributed by atoms with Gasteiger partial charge in [-0.1, -0.05) is 12.1 Å². The van der Waals surface area contributed by atoms with Crippen LogP contribution in [0.2, 0.25) is 0 Å². The SMILES string of the molecule is O=C(O)c1ccc(-c2ccc(C(=O)O)nc2)c(C(=O)O)c1. The molecule has 7 heteroatoms. The van der Waals surface area contributed by atoms with Crippen molar-refractivity contribution >= 4 is 17.9 Å². The van der Waals surface area contributed by atoms with Gasteiger partial charge in [0.1, 0.15) is 5.69 Å². The highest BCUT2D eigenvalue weighted by molar-refractivity contribution is 5.99. The topological polar surface area (TPSA) is 125 Å². The second-order valence-electron chi connectivity index (χ2n) is 4.11. The van der Waals surface area contributed by atoms with Crippen LogP contribution >= 0.6 is 0 Å². The quantitative estimate of drug-likeness (QED) is 0.783. The Bertz CT molecular complexity index is 736. The Kier molecular flexibility index (Phi) is 3.66. The fourth-order valence-electron chi connectivity index (χ4n) is 1.79. The summed E-state index contributed by atoms with van der Waals surface area (Å²) in [6.45, 7) is 0. The molecule has 106 valence electrons. The van der Waals surface area contributed by atoms with Crippen LogP contribution in [0.5, 0.6) is 0 Å². The van der Waals surface area contributed by atoms with Crippen molar-refractivity contribution in [3.8, 4) is 11.1 Å². The maximum Gasteiger partial charge on any atom is 0.354 e. The summed E-state index contributed by atoms with van der Waals surface area (Å²) < 4.78 is 0. The molecule has 0 fully saturated rings. The van der Waals surface area contributed by atoms with Crippen molar-refractivity contribution in [3.63, 3.8) is 0 Å². The van der Waals surface area contributed by atoms with E-state index in [-0.39, 0.29) is 22.4 Å². The molecule has 0 aliphatic heterocycles. The number of hydrogen-bond donors (Lipinski definition) is 3. The van der Waals surface area contributed by atoms with Gasteiger partial charge in [0.25, 0.3) is 0 Å². The molecule has 1 aromatic heterocycles. The van der Waals surface area contributed by atoms with E-state index in [1.54, 1.807) is 0 Å². The average Bonchev–Trinajstić information content (AvgIpc) is 2.46. The van der Waals surface area contributed by atoms with E-state index < -0.39 is 17.9 Å².